The minimum absolute atomic E-state index is 0.351. The van der Waals surface area contributed by atoms with E-state index in [0.717, 1.165) is 25.1 Å². The molecule has 2 N–H and O–H groups in total. The molecule has 1 aliphatic heterocycles. The summed E-state index contributed by atoms with van der Waals surface area (Å²) in [7, 11) is 0. The highest BCUT2D eigenvalue weighted by atomic mass is 15.2. The average Bonchev–Trinajstić information content (AvgIpc) is 2.32. The van der Waals surface area contributed by atoms with Crippen LogP contribution in [0.3, 0.4) is 0 Å². The van der Waals surface area contributed by atoms with Gasteiger partial charge < -0.3 is 10.6 Å². The lowest BCUT2D eigenvalue weighted by Gasteiger charge is -2.39. The number of benzene rings is 1. The molecule has 0 bridgehead atoms. The molecule has 2 unspecified atom stereocenters. The SMILES string of the molecule is C=C(c1ccc(C)c(C)c1)N1CCC(N)CC1C. The Hall–Kier alpha value is -1.28. The minimum Gasteiger partial charge on any atom is -0.369 e. The van der Waals surface area contributed by atoms with Crippen LogP contribution in [0.15, 0.2) is 24.8 Å². The van der Waals surface area contributed by atoms with Gasteiger partial charge >= 0.3 is 0 Å². The van der Waals surface area contributed by atoms with Crippen LogP contribution in [0.5, 0.6) is 0 Å². The van der Waals surface area contributed by atoms with Crippen LogP contribution in [0.25, 0.3) is 5.70 Å². The van der Waals surface area contributed by atoms with Gasteiger partial charge in [-0.25, -0.2) is 0 Å². The third-order valence-corrected chi connectivity index (χ3v) is 4.10. The van der Waals surface area contributed by atoms with Gasteiger partial charge in [-0.1, -0.05) is 18.7 Å². The number of hydrogen-bond acceptors (Lipinski definition) is 2. The lowest BCUT2D eigenvalue weighted by Crippen LogP contribution is -2.44. The second kappa shape index (κ2) is 5.15. The zero-order chi connectivity index (χ0) is 13.3. The van der Waals surface area contributed by atoms with Crippen molar-refractivity contribution in [1.82, 2.24) is 4.90 Å². The summed E-state index contributed by atoms with van der Waals surface area (Å²) in [5.41, 5.74) is 11.0. The fraction of sp³-hybridized carbons (Fsp3) is 0.500. The molecule has 2 atom stereocenters. The van der Waals surface area contributed by atoms with E-state index in [0.29, 0.717) is 12.1 Å². The molecule has 0 radical (unpaired) electrons. The minimum atomic E-state index is 0.351. The first-order chi connectivity index (χ1) is 8.49. The topological polar surface area (TPSA) is 29.3 Å². The number of nitrogens with zero attached hydrogens (tertiary/aromatic N) is 1. The first-order valence-electron chi connectivity index (χ1n) is 6.78. The third kappa shape index (κ3) is 2.59. The first kappa shape index (κ1) is 13.2. The molecule has 2 rings (SSSR count). The van der Waals surface area contributed by atoms with Crippen LogP contribution < -0.4 is 5.73 Å². The summed E-state index contributed by atoms with van der Waals surface area (Å²) in [6, 6.07) is 7.42. The van der Waals surface area contributed by atoms with Crippen molar-refractivity contribution in [1.29, 1.82) is 0 Å². The molecule has 1 fully saturated rings. The van der Waals surface area contributed by atoms with Crippen LogP contribution in [-0.2, 0) is 0 Å². The molecule has 0 saturated carbocycles. The quantitative estimate of drug-likeness (QED) is 0.866. The van der Waals surface area contributed by atoms with E-state index in [1.165, 1.54) is 16.7 Å². The molecule has 0 aliphatic carbocycles. The number of nitrogens with two attached hydrogens (primary N) is 1. The molecule has 0 spiro atoms. The predicted molar refractivity (Wildman–Crippen MR) is 78.3 cm³/mol. The summed E-state index contributed by atoms with van der Waals surface area (Å²) in [6.45, 7) is 11.8. The highest BCUT2D eigenvalue weighted by molar-refractivity contribution is 5.63. The van der Waals surface area contributed by atoms with Crippen molar-refractivity contribution in [3.05, 3.63) is 41.5 Å². The molecular weight excluding hydrogens is 220 g/mol. The zero-order valence-electron chi connectivity index (χ0n) is 11.7. The molecule has 1 saturated heterocycles. The van der Waals surface area contributed by atoms with E-state index in [9.17, 15) is 0 Å². The summed E-state index contributed by atoms with van der Waals surface area (Å²) in [4.78, 5) is 2.40. The molecule has 0 amide bonds. The van der Waals surface area contributed by atoms with Gasteiger partial charge in [0.1, 0.15) is 0 Å². The highest BCUT2D eigenvalue weighted by Gasteiger charge is 2.24. The second-order valence-electron chi connectivity index (χ2n) is 5.57. The molecule has 2 heteroatoms. The normalized spacial score (nSPS) is 24.1. The Labute approximate surface area is 110 Å². The molecule has 0 aromatic heterocycles. The maximum atomic E-state index is 6.01. The molecule has 2 nitrogen and oxygen atoms in total. The molecule has 1 aromatic rings. The number of aryl methyl sites for hydroxylation is 2. The Kier molecular flexibility index (Phi) is 3.76. The molecule has 1 aromatic carbocycles. The zero-order valence-corrected chi connectivity index (χ0v) is 11.7. The summed E-state index contributed by atoms with van der Waals surface area (Å²) in [5, 5.41) is 0. The standard InChI is InChI=1S/C16H24N2/c1-11-5-6-15(9-12(11)2)14(4)18-8-7-16(17)10-13(18)3/h5-6,9,13,16H,4,7-8,10,17H2,1-3H3. The maximum absolute atomic E-state index is 6.01. The van der Waals surface area contributed by atoms with Gasteiger partial charge in [-0.05, 0) is 56.4 Å². The van der Waals surface area contributed by atoms with Crippen molar-refractivity contribution < 1.29 is 0 Å². The van der Waals surface area contributed by atoms with Gasteiger partial charge in [0.15, 0.2) is 0 Å². The van der Waals surface area contributed by atoms with Gasteiger partial charge in [-0.15, -0.1) is 0 Å². The fourth-order valence-corrected chi connectivity index (χ4v) is 2.70. The van der Waals surface area contributed by atoms with Gasteiger partial charge in [0.05, 0.1) is 0 Å². The number of rotatable bonds is 2. The molecule has 98 valence electrons. The van der Waals surface area contributed by atoms with Crippen LogP contribution in [0.4, 0.5) is 0 Å². The largest absolute Gasteiger partial charge is 0.369 e. The van der Waals surface area contributed by atoms with Crippen molar-refractivity contribution in [3.8, 4) is 0 Å². The Bertz CT molecular complexity index is 450. The van der Waals surface area contributed by atoms with Crippen molar-refractivity contribution >= 4 is 5.70 Å². The molecule has 1 aliphatic rings. The van der Waals surface area contributed by atoms with Gasteiger partial charge in [0.2, 0.25) is 0 Å². The van der Waals surface area contributed by atoms with E-state index in [2.05, 4.69) is 50.4 Å². The highest BCUT2D eigenvalue weighted by Crippen LogP contribution is 2.27. The van der Waals surface area contributed by atoms with Gasteiger partial charge in [-0.3, -0.25) is 0 Å². The van der Waals surface area contributed by atoms with Crippen molar-refractivity contribution in [2.75, 3.05) is 6.54 Å². The number of hydrogen-bond donors (Lipinski definition) is 1. The Morgan fingerprint density at radius 3 is 2.67 bits per heavy atom. The van der Waals surface area contributed by atoms with Crippen LogP contribution in [-0.4, -0.2) is 23.5 Å². The van der Waals surface area contributed by atoms with E-state index in [-0.39, 0.29) is 0 Å². The fourth-order valence-electron chi connectivity index (χ4n) is 2.70. The number of piperidine rings is 1. The summed E-state index contributed by atoms with van der Waals surface area (Å²) in [6.07, 6.45) is 2.12. The Morgan fingerprint density at radius 2 is 2.06 bits per heavy atom. The van der Waals surface area contributed by atoms with Crippen LogP contribution in [0.2, 0.25) is 0 Å². The summed E-state index contributed by atoms with van der Waals surface area (Å²) in [5.74, 6) is 0. The molecular formula is C16H24N2. The average molecular weight is 244 g/mol. The van der Waals surface area contributed by atoms with Crippen molar-refractivity contribution in [2.24, 2.45) is 5.73 Å². The predicted octanol–water partition coefficient (Wildman–Crippen LogP) is 3.09. The van der Waals surface area contributed by atoms with Crippen LogP contribution in [0.1, 0.15) is 36.5 Å². The maximum Gasteiger partial charge on any atom is 0.0369 e. The lowest BCUT2D eigenvalue weighted by molar-refractivity contribution is 0.224. The Morgan fingerprint density at radius 1 is 1.33 bits per heavy atom. The third-order valence-electron chi connectivity index (χ3n) is 4.10. The van der Waals surface area contributed by atoms with Crippen LogP contribution >= 0.6 is 0 Å². The number of likely N-dealkylation sites (tertiary alicyclic amines) is 1. The van der Waals surface area contributed by atoms with Gasteiger partial charge in [0, 0.05) is 24.3 Å². The van der Waals surface area contributed by atoms with Crippen molar-refractivity contribution in [2.45, 2.75) is 45.7 Å². The van der Waals surface area contributed by atoms with E-state index < -0.39 is 0 Å². The van der Waals surface area contributed by atoms with Crippen molar-refractivity contribution in [3.63, 3.8) is 0 Å². The summed E-state index contributed by atoms with van der Waals surface area (Å²) >= 11 is 0. The van der Waals surface area contributed by atoms with Gasteiger partial charge in [-0.2, -0.15) is 0 Å². The lowest BCUT2D eigenvalue weighted by atomic mass is 9.96. The second-order valence-corrected chi connectivity index (χ2v) is 5.57. The van der Waals surface area contributed by atoms with E-state index >= 15 is 0 Å². The first-order valence-corrected chi connectivity index (χ1v) is 6.78. The van der Waals surface area contributed by atoms with E-state index in [1.807, 2.05) is 0 Å². The molecule has 1 heterocycles. The molecule has 18 heavy (non-hydrogen) atoms. The smallest absolute Gasteiger partial charge is 0.0369 e. The summed E-state index contributed by atoms with van der Waals surface area (Å²) < 4.78 is 0. The van der Waals surface area contributed by atoms with E-state index in [1.54, 1.807) is 0 Å². The van der Waals surface area contributed by atoms with Gasteiger partial charge in [0.25, 0.3) is 0 Å². The monoisotopic (exact) mass is 244 g/mol. The Balaban J connectivity index is 2.18. The van der Waals surface area contributed by atoms with Crippen LogP contribution in [0, 0.1) is 13.8 Å². The van der Waals surface area contributed by atoms with E-state index in [4.69, 9.17) is 5.73 Å².